The SMILES string of the molecule is Cc1ccc(C(CN)N2CCc3sccc3C2)cc1Br. The number of benzene rings is 1. The molecule has 106 valence electrons. The second kappa shape index (κ2) is 5.98. The first kappa shape index (κ1) is 14.3. The zero-order valence-electron chi connectivity index (χ0n) is 11.6. The molecule has 0 saturated carbocycles. The molecule has 2 N–H and O–H groups in total. The Morgan fingerprint density at radius 3 is 3.00 bits per heavy atom. The Balaban J connectivity index is 1.85. The summed E-state index contributed by atoms with van der Waals surface area (Å²) < 4.78 is 1.17. The molecule has 1 aromatic heterocycles. The predicted molar refractivity (Wildman–Crippen MR) is 89.1 cm³/mol. The van der Waals surface area contributed by atoms with Crippen molar-refractivity contribution in [1.82, 2.24) is 4.90 Å². The Morgan fingerprint density at radius 2 is 2.25 bits per heavy atom. The fourth-order valence-electron chi connectivity index (χ4n) is 2.85. The third-order valence-electron chi connectivity index (χ3n) is 4.08. The molecule has 2 aromatic rings. The van der Waals surface area contributed by atoms with Gasteiger partial charge in [-0.2, -0.15) is 0 Å². The van der Waals surface area contributed by atoms with E-state index in [1.54, 1.807) is 4.88 Å². The molecule has 0 spiro atoms. The van der Waals surface area contributed by atoms with Crippen LogP contribution in [0, 0.1) is 6.92 Å². The second-order valence-electron chi connectivity index (χ2n) is 5.35. The molecular formula is C16H19BrN2S. The normalized spacial score (nSPS) is 16.9. The van der Waals surface area contributed by atoms with Crippen molar-refractivity contribution in [2.45, 2.75) is 25.9 Å². The largest absolute Gasteiger partial charge is 0.329 e. The van der Waals surface area contributed by atoms with E-state index >= 15 is 0 Å². The highest BCUT2D eigenvalue weighted by molar-refractivity contribution is 9.10. The summed E-state index contributed by atoms with van der Waals surface area (Å²) in [5.41, 5.74) is 10.1. The van der Waals surface area contributed by atoms with Crippen LogP contribution in [0.3, 0.4) is 0 Å². The van der Waals surface area contributed by atoms with Crippen LogP contribution in [-0.4, -0.2) is 18.0 Å². The number of halogens is 1. The van der Waals surface area contributed by atoms with E-state index in [1.807, 2.05) is 11.3 Å². The zero-order chi connectivity index (χ0) is 14.1. The van der Waals surface area contributed by atoms with Crippen LogP contribution in [-0.2, 0) is 13.0 Å². The molecule has 0 aliphatic carbocycles. The van der Waals surface area contributed by atoms with Gasteiger partial charge in [-0.15, -0.1) is 11.3 Å². The van der Waals surface area contributed by atoms with Crippen molar-refractivity contribution in [3.05, 3.63) is 55.7 Å². The van der Waals surface area contributed by atoms with Crippen LogP contribution in [0.1, 0.15) is 27.6 Å². The summed E-state index contributed by atoms with van der Waals surface area (Å²) in [6.45, 7) is 4.89. The van der Waals surface area contributed by atoms with Crippen LogP contribution >= 0.6 is 27.3 Å². The molecule has 20 heavy (non-hydrogen) atoms. The summed E-state index contributed by atoms with van der Waals surface area (Å²) in [6.07, 6.45) is 1.15. The summed E-state index contributed by atoms with van der Waals surface area (Å²) in [7, 11) is 0. The summed E-state index contributed by atoms with van der Waals surface area (Å²) in [6, 6.07) is 9.16. The topological polar surface area (TPSA) is 29.3 Å². The molecule has 2 heterocycles. The lowest BCUT2D eigenvalue weighted by molar-refractivity contribution is 0.185. The van der Waals surface area contributed by atoms with E-state index in [2.05, 4.69) is 57.4 Å². The van der Waals surface area contributed by atoms with Gasteiger partial charge in [0.1, 0.15) is 0 Å². The predicted octanol–water partition coefficient (Wildman–Crippen LogP) is 3.88. The van der Waals surface area contributed by atoms with Gasteiger partial charge in [0.15, 0.2) is 0 Å². The first-order valence-corrected chi connectivity index (χ1v) is 8.61. The van der Waals surface area contributed by atoms with Crippen LogP contribution in [0.15, 0.2) is 34.1 Å². The van der Waals surface area contributed by atoms with Crippen LogP contribution < -0.4 is 5.73 Å². The molecular weight excluding hydrogens is 332 g/mol. The molecule has 2 nitrogen and oxygen atoms in total. The molecule has 0 saturated heterocycles. The van der Waals surface area contributed by atoms with Crippen molar-refractivity contribution in [2.24, 2.45) is 5.73 Å². The molecule has 0 radical (unpaired) electrons. The number of fused-ring (bicyclic) bond motifs is 1. The number of aryl methyl sites for hydroxylation is 1. The van der Waals surface area contributed by atoms with Gasteiger partial charge in [0.2, 0.25) is 0 Å². The second-order valence-corrected chi connectivity index (χ2v) is 7.20. The lowest BCUT2D eigenvalue weighted by atomic mass is 10.0. The molecule has 0 amide bonds. The molecule has 1 aliphatic heterocycles. The van der Waals surface area contributed by atoms with E-state index in [4.69, 9.17) is 5.73 Å². The summed E-state index contributed by atoms with van der Waals surface area (Å²) >= 11 is 5.51. The Hall–Kier alpha value is -0.680. The molecule has 1 aromatic carbocycles. The van der Waals surface area contributed by atoms with Crippen molar-refractivity contribution in [1.29, 1.82) is 0 Å². The summed E-state index contributed by atoms with van der Waals surface area (Å²) in [5, 5.41) is 2.20. The van der Waals surface area contributed by atoms with Gasteiger partial charge in [-0.05, 0) is 47.5 Å². The van der Waals surface area contributed by atoms with Crippen molar-refractivity contribution in [3.63, 3.8) is 0 Å². The highest BCUT2D eigenvalue weighted by atomic mass is 79.9. The van der Waals surface area contributed by atoms with E-state index in [0.29, 0.717) is 12.6 Å². The van der Waals surface area contributed by atoms with E-state index in [-0.39, 0.29) is 0 Å². The number of nitrogens with zero attached hydrogens (tertiary/aromatic N) is 1. The van der Waals surface area contributed by atoms with Crippen LogP contribution in [0.5, 0.6) is 0 Å². The smallest absolute Gasteiger partial charge is 0.0474 e. The standard InChI is InChI=1S/C16H19BrN2S/c1-11-2-3-12(8-14(11)17)15(9-18)19-6-4-16-13(10-19)5-7-20-16/h2-3,5,7-8,15H,4,6,9-10,18H2,1H3. The van der Waals surface area contributed by atoms with E-state index in [1.165, 1.54) is 21.2 Å². The van der Waals surface area contributed by atoms with Gasteiger partial charge in [-0.1, -0.05) is 28.1 Å². The van der Waals surface area contributed by atoms with Crippen molar-refractivity contribution < 1.29 is 0 Å². The van der Waals surface area contributed by atoms with Gasteiger partial charge in [0.25, 0.3) is 0 Å². The maximum atomic E-state index is 6.06. The number of hydrogen-bond acceptors (Lipinski definition) is 3. The van der Waals surface area contributed by atoms with Crippen molar-refractivity contribution in [3.8, 4) is 0 Å². The third kappa shape index (κ3) is 2.70. The van der Waals surface area contributed by atoms with E-state index in [0.717, 1.165) is 19.5 Å². The quantitative estimate of drug-likeness (QED) is 0.909. The maximum Gasteiger partial charge on any atom is 0.0474 e. The molecule has 0 bridgehead atoms. The van der Waals surface area contributed by atoms with Gasteiger partial charge in [-0.25, -0.2) is 0 Å². The molecule has 0 fully saturated rings. The number of nitrogens with two attached hydrogens (primary N) is 1. The lowest BCUT2D eigenvalue weighted by Gasteiger charge is -2.34. The van der Waals surface area contributed by atoms with Gasteiger partial charge in [0, 0.05) is 35.0 Å². The fourth-order valence-corrected chi connectivity index (χ4v) is 4.13. The first-order chi connectivity index (χ1) is 9.69. The number of hydrogen-bond donors (Lipinski definition) is 1. The van der Waals surface area contributed by atoms with Crippen LogP contribution in [0.25, 0.3) is 0 Å². The van der Waals surface area contributed by atoms with E-state index in [9.17, 15) is 0 Å². The lowest BCUT2D eigenvalue weighted by Crippen LogP contribution is -2.37. The molecule has 3 rings (SSSR count). The van der Waals surface area contributed by atoms with Gasteiger partial charge in [-0.3, -0.25) is 4.90 Å². The van der Waals surface area contributed by atoms with Gasteiger partial charge >= 0.3 is 0 Å². The average molecular weight is 351 g/mol. The minimum Gasteiger partial charge on any atom is -0.329 e. The first-order valence-electron chi connectivity index (χ1n) is 6.94. The van der Waals surface area contributed by atoms with Crippen LogP contribution in [0.4, 0.5) is 0 Å². The zero-order valence-corrected chi connectivity index (χ0v) is 14.0. The monoisotopic (exact) mass is 350 g/mol. The molecule has 1 atom stereocenters. The Labute approximate surface area is 132 Å². The van der Waals surface area contributed by atoms with Crippen molar-refractivity contribution in [2.75, 3.05) is 13.1 Å². The van der Waals surface area contributed by atoms with Crippen LogP contribution in [0.2, 0.25) is 0 Å². The Bertz CT molecular complexity index is 608. The van der Waals surface area contributed by atoms with Crippen molar-refractivity contribution >= 4 is 27.3 Å². The summed E-state index contributed by atoms with van der Waals surface area (Å²) in [4.78, 5) is 4.05. The highest BCUT2D eigenvalue weighted by Crippen LogP contribution is 2.31. The van der Waals surface area contributed by atoms with Gasteiger partial charge in [0.05, 0.1) is 0 Å². The number of thiophene rings is 1. The Morgan fingerprint density at radius 1 is 1.40 bits per heavy atom. The minimum absolute atomic E-state index is 0.306. The van der Waals surface area contributed by atoms with Gasteiger partial charge < -0.3 is 5.73 Å². The third-order valence-corrected chi connectivity index (χ3v) is 5.96. The average Bonchev–Trinajstić information content (AvgIpc) is 2.91. The van der Waals surface area contributed by atoms with E-state index < -0.39 is 0 Å². The number of rotatable bonds is 3. The minimum atomic E-state index is 0.306. The molecule has 1 unspecified atom stereocenters. The molecule has 4 heteroatoms. The highest BCUT2D eigenvalue weighted by Gasteiger charge is 2.24. The summed E-state index contributed by atoms with van der Waals surface area (Å²) in [5.74, 6) is 0. The maximum absolute atomic E-state index is 6.06. The fraction of sp³-hybridized carbons (Fsp3) is 0.375. The molecule has 1 aliphatic rings. The Kier molecular flexibility index (Phi) is 4.26.